The standard InChI is InChI=1S/C14H13Cl2N3O3S/c15-11-2-1-3-12(14(11)18-5-4-17-9-18)19-7-10(6-13(19)20)8-23(16,21)22/h1-5,9-10H,6-8H2. The largest absolute Gasteiger partial charge is 0.310 e. The van der Waals surface area contributed by atoms with E-state index in [1.165, 1.54) is 0 Å². The summed E-state index contributed by atoms with van der Waals surface area (Å²) >= 11 is 6.29. The summed E-state index contributed by atoms with van der Waals surface area (Å²) in [4.78, 5) is 17.9. The average Bonchev–Trinajstić information content (AvgIpc) is 3.06. The normalized spacial score (nSPS) is 18.6. The summed E-state index contributed by atoms with van der Waals surface area (Å²) in [6.45, 7) is 0.285. The Morgan fingerprint density at radius 1 is 1.35 bits per heavy atom. The van der Waals surface area contributed by atoms with Crippen LogP contribution in [0.1, 0.15) is 6.42 Å². The third kappa shape index (κ3) is 3.52. The minimum absolute atomic E-state index is 0.141. The highest BCUT2D eigenvalue weighted by Gasteiger charge is 2.34. The third-order valence-corrected chi connectivity index (χ3v) is 5.21. The number of hydrogen-bond donors (Lipinski definition) is 0. The molecule has 0 radical (unpaired) electrons. The first kappa shape index (κ1) is 16.3. The van der Waals surface area contributed by atoms with Gasteiger partial charge in [-0.3, -0.25) is 4.79 Å². The second kappa shape index (κ2) is 6.14. The minimum Gasteiger partial charge on any atom is -0.310 e. The van der Waals surface area contributed by atoms with Crippen LogP contribution in [0.3, 0.4) is 0 Å². The molecule has 1 aliphatic rings. The van der Waals surface area contributed by atoms with Crippen molar-refractivity contribution in [3.8, 4) is 5.69 Å². The number of imidazole rings is 1. The van der Waals surface area contributed by atoms with Crippen molar-refractivity contribution in [1.82, 2.24) is 9.55 Å². The summed E-state index contributed by atoms with van der Waals surface area (Å²) < 4.78 is 24.2. The van der Waals surface area contributed by atoms with Crippen LogP contribution >= 0.6 is 22.3 Å². The Morgan fingerprint density at radius 3 is 2.78 bits per heavy atom. The zero-order chi connectivity index (χ0) is 16.6. The molecular weight excluding hydrogens is 361 g/mol. The second-order valence-corrected chi connectivity index (χ2v) is 8.59. The van der Waals surface area contributed by atoms with E-state index in [-0.39, 0.29) is 30.5 Å². The SMILES string of the molecule is O=C1CC(CS(=O)(=O)Cl)CN1c1cccc(Cl)c1-n1ccnc1. The first-order valence-corrected chi connectivity index (χ1v) is 9.70. The molecule has 1 unspecified atom stereocenters. The monoisotopic (exact) mass is 373 g/mol. The predicted molar refractivity (Wildman–Crippen MR) is 88.7 cm³/mol. The quantitative estimate of drug-likeness (QED) is 0.771. The van der Waals surface area contributed by atoms with Crippen molar-refractivity contribution in [3.63, 3.8) is 0 Å². The van der Waals surface area contributed by atoms with Crippen molar-refractivity contribution in [2.45, 2.75) is 6.42 Å². The number of hydrogen-bond acceptors (Lipinski definition) is 4. The summed E-state index contributed by atoms with van der Waals surface area (Å²) in [6.07, 6.45) is 5.07. The van der Waals surface area contributed by atoms with Gasteiger partial charge >= 0.3 is 0 Å². The van der Waals surface area contributed by atoms with Gasteiger partial charge < -0.3 is 9.47 Å². The van der Waals surface area contributed by atoms with Gasteiger partial charge in [0, 0.05) is 42.0 Å². The van der Waals surface area contributed by atoms with Crippen LogP contribution in [-0.2, 0) is 13.8 Å². The van der Waals surface area contributed by atoms with Gasteiger partial charge in [0.2, 0.25) is 15.0 Å². The number of carbonyl (C=O) groups excluding carboxylic acids is 1. The second-order valence-electron chi connectivity index (χ2n) is 5.36. The Labute approximate surface area is 143 Å². The molecule has 0 saturated carbocycles. The Morgan fingerprint density at radius 2 is 2.13 bits per heavy atom. The predicted octanol–water partition coefficient (Wildman–Crippen LogP) is 2.45. The maximum Gasteiger partial charge on any atom is 0.232 e. The first-order valence-electron chi connectivity index (χ1n) is 6.84. The molecule has 6 nitrogen and oxygen atoms in total. The van der Waals surface area contributed by atoms with Crippen LogP contribution in [0.15, 0.2) is 36.9 Å². The molecule has 1 atom stereocenters. The van der Waals surface area contributed by atoms with Gasteiger partial charge in [0.25, 0.3) is 0 Å². The van der Waals surface area contributed by atoms with Gasteiger partial charge in [0.1, 0.15) is 0 Å². The minimum atomic E-state index is -3.65. The molecule has 1 fully saturated rings. The summed E-state index contributed by atoms with van der Waals surface area (Å²) in [5.74, 6) is -0.712. The molecule has 1 saturated heterocycles. The van der Waals surface area contributed by atoms with E-state index in [1.54, 1.807) is 46.4 Å². The van der Waals surface area contributed by atoms with Crippen LogP contribution < -0.4 is 4.90 Å². The van der Waals surface area contributed by atoms with Gasteiger partial charge in [-0.2, -0.15) is 0 Å². The Hall–Kier alpha value is -1.57. The number of rotatable bonds is 4. The summed E-state index contributed by atoms with van der Waals surface area (Å²) in [6, 6.07) is 5.25. The van der Waals surface area contributed by atoms with E-state index >= 15 is 0 Å². The molecular formula is C14H13Cl2N3O3S. The highest BCUT2D eigenvalue weighted by atomic mass is 35.7. The number of para-hydroxylation sites is 1. The number of aromatic nitrogens is 2. The summed E-state index contributed by atoms with van der Waals surface area (Å²) in [7, 11) is 1.66. The molecule has 1 aromatic heterocycles. The van der Waals surface area contributed by atoms with Crippen molar-refractivity contribution in [1.29, 1.82) is 0 Å². The Kier molecular flexibility index (Phi) is 4.35. The molecule has 2 aromatic rings. The topological polar surface area (TPSA) is 72.3 Å². The van der Waals surface area contributed by atoms with E-state index in [0.717, 1.165) is 0 Å². The van der Waals surface area contributed by atoms with Crippen LogP contribution in [0.4, 0.5) is 5.69 Å². The van der Waals surface area contributed by atoms with E-state index in [0.29, 0.717) is 16.4 Å². The fraction of sp³-hybridized carbons (Fsp3) is 0.286. The van der Waals surface area contributed by atoms with Crippen molar-refractivity contribution in [2.24, 2.45) is 5.92 Å². The molecule has 0 spiro atoms. The maximum absolute atomic E-state index is 12.3. The van der Waals surface area contributed by atoms with Crippen molar-refractivity contribution < 1.29 is 13.2 Å². The highest BCUT2D eigenvalue weighted by molar-refractivity contribution is 8.13. The van der Waals surface area contributed by atoms with Crippen LogP contribution in [0, 0.1) is 5.92 Å². The van der Waals surface area contributed by atoms with Crippen LogP contribution in [0.5, 0.6) is 0 Å². The molecule has 1 amide bonds. The average molecular weight is 374 g/mol. The molecule has 2 heterocycles. The molecule has 9 heteroatoms. The fourth-order valence-electron chi connectivity index (χ4n) is 2.78. The summed E-state index contributed by atoms with van der Waals surface area (Å²) in [5, 5.41) is 0.474. The number of amides is 1. The van der Waals surface area contributed by atoms with Crippen molar-refractivity contribution in [3.05, 3.63) is 41.9 Å². The maximum atomic E-state index is 12.3. The zero-order valence-electron chi connectivity index (χ0n) is 11.9. The van der Waals surface area contributed by atoms with Crippen LogP contribution in [-0.4, -0.2) is 36.2 Å². The van der Waals surface area contributed by atoms with Crippen molar-refractivity contribution in [2.75, 3.05) is 17.2 Å². The van der Waals surface area contributed by atoms with E-state index in [9.17, 15) is 13.2 Å². The lowest BCUT2D eigenvalue weighted by Gasteiger charge is -2.21. The number of nitrogens with zero attached hydrogens (tertiary/aromatic N) is 3. The number of carbonyl (C=O) groups is 1. The third-order valence-electron chi connectivity index (χ3n) is 3.66. The number of anilines is 1. The fourth-order valence-corrected chi connectivity index (χ4v) is 4.36. The number of benzene rings is 1. The lowest BCUT2D eigenvalue weighted by molar-refractivity contribution is -0.117. The zero-order valence-corrected chi connectivity index (χ0v) is 14.2. The van der Waals surface area contributed by atoms with Gasteiger partial charge in [-0.25, -0.2) is 13.4 Å². The summed E-state index contributed by atoms with van der Waals surface area (Å²) in [5.41, 5.74) is 1.25. The van der Waals surface area contributed by atoms with Crippen LogP contribution in [0.25, 0.3) is 5.69 Å². The Bertz CT molecular complexity index is 837. The van der Waals surface area contributed by atoms with E-state index < -0.39 is 9.05 Å². The van der Waals surface area contributed by atoms with E-state index in [1.807, 2.05) is 0 Å². The van der Waals surface area contributed by atoms with E-state index in [4.69, 9.17) is 22.3 Å². The highest BCUT2D eigenvalue weighted by Crippen LogP contribution is 2.35. The molecule has 23 heavy (non-hydrogen) atoms. The Balaban J connectivity index is 1.97. The molecule has 0 aliphatic carbocycles. The molecule has 0 N–H and O–H groups in total. The lowest BCUT2D eigenvalue weighted by atomic mass is 10.1. The van der Waals surface area contributed by atoms with Crippen LogP contribution in [0.2, 0.25) is 5.02 Å². The lowest BCUT2D eigenvalue weighted by Crippen LogP contribution is -2.26. The van der Waals surface area contributed by atoms with Crippen molar-refractivity contribution >= 4 is 42.9 Å². The molecule has 0 bridgehead atoms. The van der Waals surface area contributed by atoms with E-state index in [2.05, 4.69) is 4.98 Å². The van der Waals surface area contributed by atoms with Gasteiger partial charge in [-0.15, -0.1) is 0 Å². The molecule has 122 valence electrons. The molecule has 1 aromatic carbocycles. The molecule has 1 aliphatic heterocycles. The van der Waals surface area contributed by atoms with Gasteiger partial charge in [-0.05, 0) is 12.1 Å². The van der Waals surface area contributed by atoms with Gasteiger partial charge in [0.15, 0.2) is 0 Å². The molecule has 3 rings (SSSR count). The first-order chi connectivity index (χ1) is 10.8. The smallest absolute Gasteiger partial charge is 0.232 e. The van der Waals surface area contributed by atoms with Gasteiger partial charge in [0.05, 0.1) is 28.5 Å². The number of halogens is 2. The van der Waals surface area contributed by atoms with Gasteiger partial charge in [-0.1, -0.05) is 17.7 Å².